The standard InChI is InChI=1S/C55H105NO5/c1-4-7-10-13-16-19-21-23-25-27-28-30-32-35-37-40-43-46-51(61-55(60)48-45-42-39-34-18-15-12-9-6-3)49-54(59)56-52(50-57)53(58)47-44-41-38-36-33-31-29-26-24-22-20-17-14-11-8-5-2/h16,19,23,25,51-53,57-58H,4-15,17-18,20-22,24,26-50H2,1-3H3,(H,56,59)/b19-16-,25-23-. The second kappa shape index (κ2) is 49.4. The van der Waals surface area contributed by atoms with Crippen LogP contribution in [0.3, 0.4) is 0 Å². The van der Waals surface area contributed by atoms with Gasteiger partial charge in [0.15, 0.2) is 0 Å². The topological polar surface area (TPSA) is 95.9 Å². The molecule has 0 aliphatic carbocycles. The Kier molecular flexibility index (Phi) is 48.0. The largest absolute Gasteiger partial charge is 0.462 e. The Morgan fingerprint density at radius 3 is 1.28 bits per heavy atom. The Hall–Kier alpha value is -1.66. The summed E-state index contributed by atoms with van der Waals surface area (Å²) in [4.78, 5) is 26.1. The monoisotopic (exact) mass is 860 g/mol. The van der Waals surface area contributed by atoms with Crippen molar-refractivity contribution in [3.63, 3.8) is 0 Å². The van der Waals surface area contributed by atoms with Gasteiger partial charge in [0.05, 0.1) is 25.2 Å². The van der Waals surface area contributed by atoms with Crippen LogP contribution in [0.4, 0.5) is 0 Å². The Bertz CT molecular complexity index is 966. The Labute approximate surface area is 380 Å². The van der Waals surface area contributed by atoms with Crippen LogP contribution >= 0.6 is 0 Å². The van der Waals surface area contributed by atoms with Gasteiger partial charge < -0.3 is 20.3 Å². The summed E-state index contributed by atoms with van der Waals surface area (Å²) in [6.07, 6.45) is 56.7. The summed E-state index contributed by atoms with van der Waals surface area (Å²) in [7, 11) is 0. The highest BCUT2D eigenvalue weighted by atomic mass is 16.5. The maximum absolute atomic E-state index is 13.2. The van der Waals surface area contributed by atoms with E-state index in [0.29, 0.717) is 19.3 Å². The molecule has 0 radical (unpaired) electrons. The number of ether oxygens (including phenoxy) is 1. The van der Waals surface area contributed by atoms with E-state index in [1.807, 2.05) is 0 Å². The minimum Gasteiger partial charge on any atom is -0.462 e. The van der Waals surface area contributed by atoms with Gasteiger partial charge in [-0.05, 0) is 57.8 Å². The van der Waals surface area contributed by atoms with Crippen LogP contribution in [0.15, 0.2) is 24.3 Å². The highest BCUT2D eigenvalue weighted by Crippen LogP contribution is 2.18. The third-order valence-electron chi connectivity index (χ3n) is 12.5. The van der Waals surface area contributed by atoms with Crippen molar-refractivity contribution in [2.75, 3.05) is 6.61 Å². The third-order valence-corrected chi connectivity index (χ3v) is 12.5. The van der Waals surface area contributed by atoms with E-state index in [9.17, 15) is 19.8 Å². The fourth-order valence-electron chi connectivity index (χ4n) is 8.40. The summed E-state index contributed by atoms with van der Waals surface area (Å²) in [5, 5.41) is 23.8. The molecule has 360 valence electrons. The molecule has 0 aromatic carbocycles. The van der Waals surface area contributed by atoms with E-state index in [-0.39, 0.29) is 24.9 Å². The van der Waals surface area contributed by atoms with Crippen molar-refractivity contribution in [2.45, 2.75) is 309 Å². The first-order chi connectivity index (χ1) is 30.0. The Morgan fingerprint density at radius 2 is 0.836 bits per heavy atom. The number of allylic oxidation sites excluding steroid dienone is 4. The SMILES string of the molecule is CCCCC/C=C\C/C=C\CCCCCCCCCC(CC(=O)NC(CO)C(O)CCCCCCCCCCCCCCCCCC)OC(=O)CCCCCCCCCCC. The van der Waals surface area contributed by atoms with Gasteiger partial charge in [-0.15, -0.1) is 0 Å². The summed E-state index contributed by atoms with van der Waals surface area (Å²) in [6, 6.07) is -0.699. The summed E-state index contributed by atoms with van der Waals surface area (Å²) in [5.41, 5.74) is 0. The number of carbonyl (C=O) groups is 2. The molecule has 61 heavy (non-hydrogen) atoms. The summed E-state index contributed by atoms with van der Waals surface area (Å²) >= 11 is 0. The Morgan fingerprint density at radius 1 is 0.475 bits per heavy atom. The lowest BCUT2D eigenvalue weighted by Crippen LogP contribution is -2.46. The van der Waals surface area contributed by atoms with Gasteiger partial charge in [-0.2, -0.15) is 0 Å². The van der Waals surface area contributed by atoms with Crippen molar-refractivity contribution >= 4 is 11.9 Å². The predicted octanol–water partition coefficient (Wildman–Crippen LogP) is 16.3. The number of aliphatic hydroxyl groups excluding tert-OH is 2. The quantitative estimate of drug-likeness (QED) is 0.0322. The summed E-state index contributed by atoms with van der Waals surface area (Å²) in [5.74, 6) is -0.469. The average molecular weight is 860 g/mol. The minimum atomic E-state index is -0.786. The van der Waals surface area contributed by atoms with Gasteiger partial charge in [0, 0.05) is 6.42 Å². The third kappa shape index (κ3) is 44.7. The van der Waals surface area contributed by atoms with Crippen molar-refractivity contribution < 1.29 is 24.5 Å². The zero-order chi connectivity index (χ0) is 44.5. The molecule has 0 bridgehead atoms. The Balaban J connectivity index is 4.48. The zero-order valence-corrected chi connectivity index (χ0v) is 41.1. The van der Waals surface area contributed by atoms with E-state index in [1.54, 1.807) is 0 Å². The molecule has 0 aliphatic rings. The van der Waals surface area contributed by atoms with E-state index in [0.717, 1.165) is 64.2 Å². The van der Waals surface area contributed by atoms with Crippen LogP contribution in [0, 0.1) is 0 Å². The van der Waals surface area contributed by atoms with Crippen molar-refractivity contribution in [2.24, 2.45) is 0 Å². The molecule has 0 aliphatic heterocycles. The van der Waals surface area contributed by atoms with E-state index >= 15 is 0 Å². The second-order valence-corrected chi connectivity index (χ2v) is 18.6. The average Bonchev–Trinajstić information content (AvgIpc) is 3.25. The number of esters is 1. The normalized spacial score (nSPS) is 13.3. The number of hydrogen-bond acceptors (Lipinski definition) is 5. The van der Waals surface area contributed by atoms with Crippen LogP contribution in [-0.4, -0.2) is 46.9 Å². The summed E-state index contributed by atoms with van der Waals surface area (Å²) in [6.45, 7) is 6.47. The van der Waals surface area contributed by atoms with Gasteiger partial charge in [0.1, 0.15) is 6.10 Å². The van der Waals surface area contributed by atoms with Crippen LogP contribution < -0.4 is 5.32 Å². The number of aliphatic hydroxyl groups is 2. The molecule has 3 N–H and O–H groups in total. The van der Waals surface area contributed by atoms with E-state index in [2.05, 4.69) is 50.4 Å². The smallest absolute Gasteiger partial charge is 0.306 e. The fraction of sp³-hybridized carbons (Fsp3) is 0.891. The van der Waals surface area contributed by atoms with Gasteiger partial charge in [-0.1, -0.05) is 244 Å². The molecular formula is C55H105NO5. The first-order valence-electron chi connectivity index (χ1n) is 27.1. The molecule has 3 unspecified atom stereocenters. The van der Waals surface area contributed by atoms with E-state index in [4.69, 9.17) is 4.74 Å². The van der Waals surface area contributed by atoms with Crippen LogP contribution in [-0.2, 0) is 14.3 Å². The van der Waals surface area contributed by atoms with E-state index in [1.165, 1.54) is 180 Å². The molecular weight excluding hydrogens is 755 g/mol. The molecule has 0 rings (SSSR count). The first kappa shape index (κ1) is 59.3. The van der Waals surface area contributed by atoms with Crippen molar-refractivity contribution in [3.8, 4) is 0 Å². The van der Waals surface area contributed by atoms with Crippen molar-refractivity contribution in [1.82, 2.24) is 5.32 Å². The number of carbonyl (C=O) groups excluding carboxylic acids is 2. The van der Waals surface area contributed by atoms with E-state index < -0.39 is 18.2 Å². The molecule has 0 spiro atoms. The molecule has 6 nitrogen and oxygen atoms in total. The molecule has 0 heterocycles. The van der Waals surface area contributed by atoms with Gasteiger partial charge in [-0.25, -0.2) is 0 Å². The van der Waals surface area contributed by atoms with Crippen LogP contribution in [0.2, 0.25) is 0 Å². The second-order valence-electron chi connectivity index (χ2n) is 18.6. The molecule has 6 heteroatoms. The lowest BCUT2D eigenvalue weighted by Gasteiger charge is -2.24. The molecule has 0 aromatic heterocycles. The first-order valence-corrected chi connectivity index (χ1v) is 27.1. The number of unbranched alkanes of at least 4 members (excludes halogenated alkanes) is 33. The lowest BCUT2D eigenvalue weighted by molar-refractivity contribution is -0.151. The van der Waals surface area contributed by atoms with Gasteiger partial charge in [-0.3, -0.25) is 9.59 Å². The molecule has 0 saturated heterocycles. The van der Waals surface area contributed by atoms with Crippen LogP contribution in [0.5, 0.6) is 0 Å². The van der Waals surface area contributed by atoms with Gasteiger partial charge in [0.2, 0.25) is 5.91 Å². The number of amides is 1. The van der Waals surface area contributed by atoms with Crippen LogP contribution in [0.1, 0.15) is 290 Å². The van der Waals surface area contributed by atoms with Gasteiger partial charge in [0.25, 0.3) is 0 Å². The van der Waals surface area contributed by atoms with Crippen molar-refractivity contribution in [1.29, 1.82) is 0 Å². The highest BCUT2D eigenvalue weighted by molar-refractivity contribution is 5.77. The molecule has 0 aromatic rings. The number of nitrogens with one attached hydrogen (secondary N) is 1. The van der Waals surface area contributed by atoms with Crippen LogP contribution in [0.25, 0.3) is 0 Å². The lowest BCUT2D eigenvalue weighted by atomic mass is 10.0. The molecule has 0 saturated carbocycles. The maximum Gasteiger partial charge on any atom is 0.306 e. The summed E-state index contributed by atoms with van der Waals surface area (Å²) < 4.78 is 5.93. The van der Waals surface area contributed by atoms with Crippen molar-refractivity contribution in [3.05, 3.63) is 24.3 Å². The minimum absolute atomic E-state index is 0.0773. The molecule has 3 atom stereocenters. The maximum atomic E-state index is 13.2. The number of hydrogen-bond donors (Lipinski definition) is 3. The molecule has 1 amide bonds. The molecule has 0 fully saturated rings. The number of rotatable bonds is 49. The fourth-order valence-corrected chi connectivity index (χ4v) is 8.40. The predicted molar refractivity (Wildman–Crippen MR) is 264 cm³/mol. The van der Waals surface area contributed by atoms with Gasteiger partial charge >= 0.3 is 5.97 Å². The zero-order valence-electron chi connectivity index (χ0n) is 41.1. The highest BCUT2D eigenvalue weighted by Gasteiger charge is 2.24.